The summed E-state index contributed by atoms with van der Waals surface area (Å²) in [5.41, 5.74) is 0.836. The zero-order valence-electron chi connectivity index (χ0n) is 13.6. The first-order valence-electron chi connectivity index (χ1n) is 7.59. The number of aromatic nitrogens is 1. The quantitative estimate of drug-likeness (QED) is 0.723. The molecule has 0 aliphatic carbocycles. The van der Waals surface area contributed by atoms with Crippen LogP contribution in [0.5, 0.6) is 11.5 Å². The fraction of sp³-hybridized carbons (Fsp3) is 0.294. The lowest BCUT2D eigenvalue weighted by atomic mass is 10.2. The fourth-order valence-corrected chi connectivity index (χ4v) is 1.90. The number of alkyl halides is 4. The van der Waals surface area contributed by atoms with Gasteiger partial charge < -0.3 is 14.8 Å². The number of nitrogens with zero attached hydrogens (tertiary/aromatic N) is 1. The molecule has 2 rings (SSSR count). The number of halogens is 4. The van der Waals surface area contributed by atoms with Gasteiger partial charge in [-0.25, -0.2) is 4.39 Å². The molecule has 1 heterocycles. The molecule has 0 unspecified atom stereocenters. The van der Waals surface area contributed by atoms with Gasteiger partial charge >= 0.3 is 6.18 Å². The Bertz CT molecular complexity index is 703. The Morgan fingerprint density at radius 3 is 2.31 bits per heavy atom. The highest BCUT2D eigenvalue weighted by atomic mass is 19.4. The van der Waals surface area contributed by atoms with E-state index in [1.165, 1.54) is 24.3 Å². The normalized spacial score (nSPS) is 11.1. The largest absolute Gasteiger partial charge is 0.491 e. The van der Waals surface area contributed by atoms with Gasteiger partial charge in [-0.2, -0.15) is 13.2 Å². The van der Waals surface area contributed by atoms with Crippen LogP contribution in [0.4, 0.5) is 17.6 Å². The Kier molecular flexibility index (Phi) is 6.76. The van der Waals surface area contributed by atoms with E-state index in [1.807, 2.05) is 0 Å². The van der Waals surface area contributed by atoms with Gasteiger partial charge in [0.1, 0.15) is 24.8 Å². The van der Waals surface area contributed by atoms with E-state index < -0.39 is 19.5 Å². The monoisotopic (exact) mass is 372 g/mol. The number of nitrogens with one attached hydrogen (secondary N) is 1. The van der Waals surface area contributed by atoms with Gasteiger partial charge in [0, 0.05) is 5.56 Å². The second kappa shape index (κ2) is 9.02. The molecule has 9 heteroatoms. The minimum atomic E-state index is -4.42. The van der Waals surface area contributed by atoms with E-state index in [9.17, 15) is 22.4 Å². The molecule has 140 valence electrons. The van der Waals surface area contributed by atoms with E-state index >= 15 is 0 Å². The van der Waals surface area contributed by atoms with E-state index in [1.54, 1.807) is 12.1 Å². The second-order valence-corrected chi connectivity index (χ2v) is 5.13. The Morgan fingerprint density at radius 2 is 1.73 bits per heavy atom. The van der Waals surface area contributed by atoms with Crippen LogP contribution in [0.2, 0.25) is 0 Å². The van der Waals surface area contributed by atoms with Gasteiger partial charge in [-0.15, -0.1) is 0 Å². The molecule has 0 atom stereocenters. The van der Waals surface area contributed by atoms with Gasteiger partial charge in [0.15, 0.2) is 6.61 Å². The lowest BCUT2D eigenvalue weighted by Crippen LogP contribution is -2.23. The number of rotatable bonds is 8. The zero-order valence-corrected chi connectivity index (χ0v) is 13.6. The minimum Gasteiger partial charge on any atom is -0.491 e. The highest BCUT2D eigenvalue weighted by Gasteiger charge is 2.28. The third-order valence-corrected chi connectivity index (χ3v) is 3.09. The summed E-state index contributed by atoms with van der Waals surface area (Å²) in [6, 6.07) is 8.97. The lowest BCUT2D eigenvalue weighted by molar-refractivity contribution is -0.153. The summed E-state index contributed by atoms with van der Waals surface area (Å²) < 4.78 is 57.8. The van der Waals surface area contributed by atoms with Gasteiger partial charge in [0.2, 0.25) is 0 Å². The molecule has 1 N–H and O–H groups in total. The Morgan fingerprint density at radius 1 is 1.04 bits per heavy atom. The third-order valence-electron chi connectivity index (χ3n) is 3.09. The average Bonchev–Trinajstić information content (AvgIpc) is 2.63. The molecule has 0 fully saturated rings. The highest BCUT2D eigenvalue weighted by molar-refractivity contribution is 5.94. The van der Waals surface area contributed by atoms with Gasteiger partial charge in [0.25, 0.3) is 5.91 Å². The molecule has 1 aromatic heterocycles. The predicted molar refractivity (Wildman–Crippen MR) is 84.9 cm³/mol. The van der Waals surface area contributed by atoms with Crippen molar-refractivity contribution < 1.29 is 31.8 Å². The third kappa shape index (κ3) is 6.58. The summed E-state index contributed by atoms with van der Waals surface area (Å²) in [5, 5.41) is 2.63. The standard InChI is InChI=1S/C17H16F4N2O3/c18-7-8-25-14-4-1-12(2-5-14)16(24)23-9-13-3-6-15(10-22-13)26-11-17(19,20)21/h1-6,10H,7-9,11H2,(H,23,24). The Hall–Kier alpha value is -2.84. The molecular weight excluding hydrogens is 356 g/mol. The lowest BCUT2D eigenvalue weighted by Gasteiger charge is -2.09. The summed E-state index contributed by atoms with van der Waals surface area (Å²) in [6.07, 6.45) is -3.26. The van der Waals surface area contributed by atoms with Crippen molar-refractivity contribution in [3.05, 3.63) is 53.9 Å². The summed E-state index contributed by atoms with van der Waals surface area (Å²) in [7, 11) is 0. The van der Waals surface area contributed by atoms with Crippen molar-refractivity contribution >= 4 is 5.91 Å². The average molecular weight is 372 g/mol. The molecule has 0 saturated carbocycles. The molecule has 0 radical (unpaired) electrons. The van der Waals surface area contributed by atoms with Gasteiger partial charge in [-0.3, -0.25) is 9.78 Å². The Labute approximate surface area is 146 Å². The van der Waals surface area contributed by atoms with E-state index in [2.05, 4.69) is 15.0 Å². The van der Waals surface area contributed by atoms with Crippen molar-refractivity contribution in [1.82, 2.24) is 10.3 Å². The van der Waals surface area contributed by atoms with Crippen LogP contribution in [0.3, 0.4) is 0 Å². The molecule has 0 aliphatic heterocycles. The molecule has 0 aliphatic rings. The van der Waals surface area contributed by atoms with Crippen molar-refractivity contribution in [3.8, 4) is 11.5 Å². The Balaban J connectivity index is 1.83. The van der Waals surface area contributed by atoms with E-state index in [0.29, 0.717) is 17.0 Å². The fourth-order valence-electron chi connectivity index (χ4n) is 1.90. The maximum absolute atomic E-state index is 12.1. The van der Waals surface area contributed by atoms with Crippen LogP contribution in [0.15, 0.2) is 42.6 Å². The summed E-state index contributed by atoms with van der Waals surface area (Å²) in [4.78, 5) is 16.0. The van der Waals surface area contributed by atoms with Gasteiger partial charge in [0.05, 0.1) is 18.4 Å². The molecule has 0 bridgehead atoms. The van der Waals surface area contributed by atoms with Gasteiger partial charge in [-0.1, -0.05) is 0 Å². The van der Waals surface area contributed by atoms with Crippen LogP contribution in [0.25, 0.3) is 0 Å². The number of hydrogen-bond acceptors (Lipinski definition) is 4. The first kappa shape index (κ1) is 19.5. The van der Waals surface area contributed by atoms with E-state index in [-0.39, 0.29) is 24.8 Å². The van der Waals surface area contributed by atoms with Crippen LogP contribution in [0, 0.1) is 0 Å². The number of carbonyl (C=O) groups is 1. The van der Waals surface area contributed by atoms with Crippen LogP contribution in [0.1, 0.15) is 16.1 Å². The molecule has 0 saturated heterocycles. The molecule has 1 amide bonds. The second-order valence-electron chi connectivity index (χ2n) is 5.13. The van der Waals surface area contributed by atoms with Crippen molar-refractivity contribution in [3.63, 3.8) is 0 Å². The van der Waals surface area contributed by atoms with Crippen LogP contribution in [-0.2, 0) is 6.54 Å². The first-order valence-corrected chi connectivity index (χ1v) is 7.59. The number of hydrogen-bond donors (Lipinski definition) is 1. The highest BCUT2D eigenvalue weighted by Crippen LogP contribution is 2.18. The smallest absolute Gasteiger partial charge is 0.422 e. The number of carbonyl (C=O) groups excluding carboxylic acids is 1. The number of ether oxygens (including phenoxy) is 2. The number of benzene rings is 1. The van der Waals surface area contributed by atoms with Crippen molar-refractivity contribution in [2.24, 2.45) is 0 Å². The van der Waals surface area contributed by atoms with E-state index in [4.69, 9.17) is 4.74 Å². The first-order chi connectivity index (χ1) is 12.4. The predicted octanol–water partition coefficient (Wildman–Crippen LogP) is 3.30. The van der Waals surface area contributed by atoms with E-state index in [0.717, 1.165) is 6.20 Å². The molecule has 2 aromatic rings. The SMILES string of the molecule is O=C(NCc1ccc(OCC(F)(F)F)cn1)c1ccc(OCCF)cc1. The number of amides is 1. The summed E-state index contributed by atoms with van der Waals surface area (Å²) in [5.74, 6) is 0.0813. The van der Waals surface area contributed by atoms with Gasteiger partial charge in [-0.05, 0) is 36.4 Å². The zero-order chi connectivity index (χ0) is 19.0. The van der Waals surface area contributed by atoms with Crippen LogP contribution >= 0.6 is 0 Å². The topological polar surface area (TPSA) is 60.5 Å². The molecule has 26 heavy (non-hydrogen) atoms. The number of pyridine rings is 1. The molecule has 0 spiro atoms. The van der Waals surface area contributed by atoms with Crippen LogP contribution in [-0.4, -0.2) is 37.0 Å². The van der Waals surface area contributed by atoms with Crippen molar-refractivity contribution in [1.29, 1.82) is 0 Å². The summed E-state index contributed by atoms with van der Waals surface area (Å²) in [6.45, 7) is -1.95. The van der Waals surface area contributed by atoms with Crippen molar-refractivity contribution in [2.75, 3.05) is 19.9 Å². The molecular formula is C17H16F4N2O3. The molecule has 1 aromatic carbocycles. The maximum atomic E-state index is 12.1. The summed E-state index contributed by atoms with van der Waals surface area (Å²) >= 11 is 0. The maximum Gasteiger partial charge on any atom is 0.422 e. The minimum absolute atomic E-state index is 0.0127. The van der Waals surface area contributed by atoms with Crippen LogP contribution < -0.4 is 14.8 Å². The molecule has 5 nitrogen and oxygen atoms in total. The van der Waals surface area contributed by atoms with Crippen molar-refractivity contribution in [2.45, 2.75) is 12.7 Å².